The van der Waals surface area contributed by atoms with Crippen LogP contribution < -0.4 is 0 Å². The van der Waals surface area contributed by atoms with Crippen LogP contribution in [-0.4, -0.2) is 25.3 Å². The highest BCUT2D eigenvalue weighted by molar-refractivity contribution is 4.98. The average Bonchev–Trinajstić information content (AvgIpc) is 2.13. The fourth-order valence-electron chi connectivity index (χ4n) is 0.903. The van der Waals surface area contributed by atoms with E-state index in [1.54, 1.807) is 5.06 Å². The highest BCUT2D eigenvalue weighted by atomic mass is 16.7. The fraction of sp³-hybridized carbons (Fsp3) is 0.833. The third-order valence-electron chi connectivity index (χ3n) is 1.45. The molecule has 0 aromatic heterocycles. The van der Waals surface area contributed by atoms with Crippen molar-refractivity contribution in [2.45, 2.75) is 6.92 Å². The second-order valence-electron chi connectivity index (χ2n) is 2.73. The summed E-state index contributed by atoms with van der Waals surface area (Å²) >= 11 is 0. The van der Waals surface area contributed by atoms with E-state index in [9.17, 15) is 0 Å². The zero-order valence-corrected chi connectivity index (χ0v) is 5.72. The summed E-state index contributed by atoms with van der Waals surface area (Å²) in [6, 6.07) is 2.20. The average molecular weight is 126 g/mol. The first kappa shape index (κ1) is 6.53. The van der Waals surface area contributed by atoms with Gasteiger partial charge in [0.05, 0.1) is 18.1 Å². The minimum Gasteiger partial charge on any atom is -0.297 e. The molecule has 0 amide bonds. The Hall–Kier alpha value is -0.590. The lowest BCUT2D eigenvalue weighted by Gasteiger charge is -2.08. The Morgan fingerprint density at radius 2 is 2.44 bits per heavy atom. The van der Waals surface area contributed by atoms with Crippen molar-refractivity contribution in [3.63, 3.8) is 0 Å². The van der Waals surface area contributed by atoms with Gasteiger partial charge in [-0.2, -0.15) is 10.3 Å². The van der Waals surface area contributed by atoms with Crippen molar-refractivity contribution in [3.8, 4) is 6.07 Å². The summed E-state index contributed by atoms with van der Waals surface area (Å²) in [7, 11) is 1.84. The molecule has 0 saturated carbocycles. The highest BCUT2D eigenvalue weighted by Crippen LogP contribution is 2.22. The van der Waals surface area contributed by atoms with Crippen LogP contribution in [0.2, 0.25) is 0 Å². The summed E-state index contributed by atoms with van der Waals surface area (Å²) < 4.78 is 0. The van der Waals surface area contributed by atoms with Crippen LogP contribution in [0.15, 0.2) is 0 Å². The van der Waals surface area contributed by atoms with Gasteiger partial charge in [0.1, 0.15) is 0 Å². The molecular weight excluding hydrogens is 116 g/mol. The summed E-state index contributed by atoms with van der Waals surface area (Å²) in [5, 5.41) is 10.3. The van der Waals surface area contributed by atoms with Gasteiger partial charge in [0.25, 0.3) is 0 Å². The van der Waals surface area contributed by atoms with E-state index in [2.05, 4.69) is 6.07 Å². The Bertz CT molecular complexity index is 152. The van der Waals surface area contributed by atoms with E-state index in [-0.39, 0.29) is 5.41 Å². The Balaban J connectivity index is 2.58. The summed E-state index contributed by atoms with van der Waals surface area (Å²) in [6.45, 7) is 3.14. The van der Waals surface area contributed by atoms with E-state index in [4.69, 9.17) is 10.1 Å². The molecule has 0 N–H and O–H groups in total. The lowest BCUT2D eigenvalue weighted by molar-refractivity contribution is -0.0875. The highest BCUT2D eigenvalue weighted by Gasteiger charge is 2.33. The molecule has 0 bridgehead atoms. The number of rotatable bonds is 0. The minimum absolute atomic E-state index is 0.283. The fourth-order valence-corrected chi connectivity index (χ4v) is 0.903. The molecule has 9 heavy (non-hydrogen) atoms. The van der Waals surface area contributed by atoms with Gasteiger partial charge in [0.15, 0.2) is 0 Å². The third-order valence-corrected chi connectivity index (χ3v) is 1.45. The predicted octanol–water partition coefficient (Wildman–Crippen LogP) is 0.393. The first-order valence-corrected chi connectivity index (χ1v) is 2.92. The topological polar surface area (TPSA) is 36.3 Å². The molecule has 1 heterocycles. The molecule has 50 valence electrons. The molecule has 3 heteroatoms. The Kier molecular flexibility index (Phi) is 1.43. The van der Waals surface area contributed by atoms with Crippen LogP contribution in [0.5, 0.6) is 0 Å². The van der Waals surface area contributed by atoms with Crippen LogP contribution in [0.1, 0.15) is 6.92 Å². The van der Waals surface area contributed by atoms with E-state index in [0.29, 0.717) is 13.2 Å². The number of nitriles is 1. The molecule has 0 radical (unpaired) electrons. The van der Waals surface area contributed by atoms with Gasteiger partial charge >= 0.3 is 0 Å². The zero-order chi connectivity index (χ0) is 6.91. The van der Waals surface area contributed by atoms with Crippen molar-refractivity contribution >= 4 is 0 Å². The molecule has 0 aromatic carbocycles. The smallest absolute Gasteiger partial charge is 0.0948 e. The zero-order valence-electron chi connectivity index (χ0n) is 5.72. The van der Waals surface area contributed by atoms with Gasteiger partial charge in [-0.05, 0) is 6.92 Å². The van der Waals surface area contributed by atoms with Gasteiger partial charge in [-0.1, -0.05) is 0 Å². The number of hydrogen-bond donors (Lipinski definition) is 0. The largest absolute Gasteiger partial charge is 0.297 e. The van der Waals surface area contributed by atoms with E-state index < -0.39 is 0 Å². The second-order valence-corrected chi connectivity index (χ2v) is 2.73. The van der Waals surface area contributed by atoms with Gasteiger partial charge in [-0.3, -0.25) is 4.84 Å². The first-order valence-electron chi connectivity index (χ1n) is 2.92. The van der Waals surface area contributed by atoms with Crippen LogP contribution in [0, 0.1) is 16.7 Å². The maximum atomic E-state index is 8.59. The summed E-state index contributed by atoms with van der Waals surface area (Å²) in [6.07, 6.45) is 0. The quantitative estimate of drug-likeness (QED) is 0.471. The van der Waals surface area contributed by atoms with Crippen LogP contribution in [0.25, 0.3) is 0 Å². The molecule has 1 unspecified atom stereocenters. The summed E-state index contributed by atoms with van der Waals surface area (Å²) in [5.74, 6) is 0. The van der Waals surface area contributed by atoms with E-state index in [1.807, 2.05) is 14.0 Å². The number of hydrogen-bond acceptors (Lipinski definition) is 3. The van der Waals surface area contributed by atoms with Gasteiger partial charge in [-0.25, -0.2) is 0 Å². The maximum Gasteiger partial charge on any atom is 0.0948 e. The molecule has 1 aliphatic rings. The van der Waals surface area contributed by atoms with Crippen LogP contribution in [0.3, 0.4) is 0 Å². The van der Waals surface area contributed by atoms with Crippen molar-refractivity contribution in [1.29, 1.82) is 5.26 Å². The minimum atomic E-state index is -0.283. The number of hydroxylamine groups is 2. The van der Waals surface area contributed by atoms with Crippen LogP contribution >= 0.6 is 0 Å². The molecule has 0 aliphatic carbocycles. The number of nitrogens with zero attached hydrogens (tertiary/aromatic N) is 2. The van der Waals surface area contributed by atoms with E-state index in [0.717, 1.165) is 0 Å². The van der Waals surface area contributed by atoms with Crippen molar-refractivity contribution in [2.24, 2.45) is 5.41 Å². The molecule has 1 aliphatic heterocycles. The lowest BCUT2D eigenvalue weighted by atomic mass is 9.95. The maximum absolute atomic E-state index is 8.59. The normalized spacial score (nSPS) is 36.6. The molecule has 0 aromatic rings. The molecule has 1 fully saturated rings. The summed E-state index contributed by atoms with van der Waals surface area (Å²) in [4.78, 5) is 5.07. The molecule has 1 rings (SSSR count). The second kappa shape index (κ2) is 1.98. The van der Waals surface area contributed by atoms with Crippen LogP contribution in [-0.2, 0) is 4.84 Å². The monoisotopic (exact) mass is 126 g/mol. The van der Waals surface area contributed by atoms with Gasteiger partial charge in [0.2, 0.25) is 0 Å². The lowest BCUT2D eigenvalue weighted by Crippen LogP contribution is -2.20. The van der Waals surface area contributed by atoms with Crippen molar-refractivity contribution in [1.82, 2.24) is 5.06 Å². The molecular formula is C6H10N2O. The van der Waals surface area contributed by atoms with Crippen LogP contribution in [0.4, 0.5) is 0 Å². The van der Waals surface area contributed by atoms with E-state index in [1.165, 1.54) is 0 Å². The predicted molar refractivity (Wildman–Crippen MR) is 32.3 cm³/mol. The first-order chi connectivity index (χ1) is 4.16. The molecule has 1 atom stereocenters. The standard InChI is InChI=1S/C6H10N2O/c1-6(3-7)4-8(2)9-5-6/h4-5H2,1-2H3. The van der Waals surface area contributed by atoms with Crippen molar-refractivity contribution in [2.75, 3.05) is 20.2 Å². The molecule has 3 nitrogen and oxygen atoms in total. The Labute approximate surface area is 54.8 Å². The Morgan fingerprint density at radius 1 is 1.78 bits per heavy atom. The van der Waals surface area contributed by atoms with Gasteiger partial charge < -0.3 is 0 Å². The molecule has 0 spiro atoms. The molecule has 1 saturated heterocycles. The SMILES string of the molecule is CN1CC(C)(C#N)CO1. The van der Waals surface area contributed by atoms with Gasteiger partial charge in [0, 0.05) is 13.6 Å². The van der Waals surface area contributed by atoms with E-state index >= 15 is 0 Å². The van der Waals surface area contributed by atoms with Crippen molar-refractivity contribution in [3.05, 3.63) is 0 Å². The third kappa shape index (κ3) is 1.21. The van der Waals surface area contributed by atoms with Gasteiger partial charge in [-0.15, -0.1) is 0 Å². The Morgan fingerprint density at radius 3 is 2.67 bits per heavy atom. The summed E-state index contributed by atoms with van der Waals surface area (Å²) in [5.41, 5.74) is -0.283. The van der Waals surface area contributed by atoms with Crippen molar-refractivity contribution < 1.29 is 4.84 Å².